The lowest BCUT2D eigenvalue weighted by Crippen LogP contribution is -2.15. The van der Waals surface area contributed by atoms with Gasteiger partial charge in [0.25, 0.3) is 0 Å². The van der Waals surface area contributed by atoms with E-state index >= 15 is 0 Å². The van der Waals surface area contributed by atoms with Crippen LogP contribution in [0.25, 0.3) is 34.1 Å². The highest BCUT2D eigenvalue weighted by Gasteiger charge is 2.10. The fourth-order valence-electron chi connectivity index (χ4n) is 2.58. The van der Waals surface area contributed by atoms with E-state index in [4.69, 9.17) is 23.2 Å². The van der Waals surface area contributed by atoms with Gasteiger partial charge in [-0.05, 0) is 22.9 Å². The Labute approximate surface area is 124 Å². The molecule has 0 aliphatic rings. The van der Waals surface area contributed by atoms with Gasteiger partial charge >= 0.3 is 0 Å². The Morgan fingerprint density at radius 3 is 1.45 bits per heavy atom. The molecule has 2 nitrogen and oxygen atoms in total. The van der Waals surface area contributed by atoms with Crippen molar-refractivity contribution >= 4 is 57.3 Å². The smallest absolute Gasteiger partial charge is 0.0877 e. The van der Waals surface area contributed by atoms with Crippen molar-refractivity contribution in [1.82, 2.24) is 0 Å². The maximum atomic E-state index is 9.61. The van der Waals surface area contributed by atoms with Gasteiger partial charge in [0.1, 0.15) is 0 Å². The number of fused-ring (bicyclic) bond motifs is 2. The molecule has 0 amide bonds. The molecule has 0 saturated carbocycles. The molecule has 0 spiro atoms. The molecule has 0 atom stereocenters. The number of rotatable bonds is 0. The topological polar surface area (TPSA) is 40.5 Å². The Morgan fingerprint density at radius 2 is 1.10 bits per heavy atom. The molecule has 100 valence electrons. The molecule has 2 N–H and O–H groups in total. The summed E-state index contributed by atoms with van der Waals surface area (Å²) in [5.74, 6) is 0. The Kier molecular flexibility index (Phi) is 3.20. The van der Waals surface area contributed by atoms with Crippen molar-refractivity contribution in [1.29, 1.82) is 0 Å². The van der Waals surface area contributed by atoms with Crippen molar-refractivity contribution in [3.05, 3.63) is 56.9 Å². The Morgan fingerprint density at radius 1 is 0.700 bits per heavy atom. The van der Waals surface area contributed by atoms with Gasteiger partial charge in [-0.2, -0.15) is 0 Å². The lowest BCUT2D eigenvalue weighted by molar-refractivity contribution is 0.540. The van der Waals surface area contributed by atoms with Gasteiger partial charge < -0.3 is 10.2 Å². The Hall–Kier alpha value is -1.90. The predicted octanol–water partition coefficient (Wildman–Crippen LogP) is 3.89. The summed E-state index contributed by atoms with van der Waals surface area (Å²) in [5.41, 5.74) is 0. The van der Waals surface area contributed by atoms with E-state index in [0.29, 0.717) is 31.3 Å². The summed E-state index contributed by atoms with van der Waals surface area (Å²) < 4.78 is 0. The summed E-state index contributed by atoms with van der Waals surface area (Å²) in [6.45, 7) is 0. The molecule has 0 fully saturated rings. The van der Waals surface area contributed by atoms with Crippen LogP contribution in [-0.2, 0) is 0 Å². The number of halogens is 2. The maximum Gasteiger partial charge on any atom is 0.0877 e. The molecular formula is C16H10Cl2O2. The largest absolute Gasteiger partial charge is 0.515 e. The third-order valence-electron chi connectivity index (χ3n) is 3.40. The molecule has 20 heavy (non-hydrogen) atoms. The normalized spacial score (nSPS) is 13.5. The van der Waals surface area contributed by atoms with Crippen molar-refractivity contribution < 1.29 is 10.2 Å². The van der Waals surface area contributed by atoms with E-state index in [1.165, 1.54) is 0 Å². The zero-order chi connectivity index (χ0) is 14.3. The molecule has 0 saturated heterocycles. The number of hydrogen-bond donors (Lipinski definition) is 2. The van der Waals surface area contributed by atoms with Crippen LogP contribution in [0.5, 0.6) is 0 Å². The summed E-state index contributed by atoms with van der Waals surface area (Å²) >= 11 is 12.5. The molecule has 4 heteroatoms. The van der Waals surface area contributed by atoms with Crippen molar-refractivity contribution in [3.63, 3.8) is 0 Å². The third kappa shape index (κ3) is 1.73. The van der Waals surface area contributed by atoms with Crippen LogP contribution in [0.3, 0.4) is 0 Å². The molecule has 3 rings (SSSR count). The van der Waals surface area contributed by atoms with Crippen molar-refractivity contribution in [3.8, 4) is 0 Å². The highest BCUT2D eigenvalue weighted by atomic mass is 35.5. The molecule has 0 aliphatic heterocycles. The summed E-state index contributed by atoms with van der Waals surface area (Å²) in [7, 11) is 0. The van der Waals surface area contributed by atoms with E-state index in [1.54, 1.807) is 24.3 Å². The molecule has 3 aromatic rings. The van der Waals surface area contributed by atoms with Gasteiger partial charge in [0.2, 0.25) is 0 Å². The van der Waals surface area contributed by atoms with Gasteiger partial charge in [0, 0.05) is 31.3 Å². The van der Waals surface area contributed by atoms with E-state index < -0.39 is 0 Å². The first kappa shape index (κ1) is 13.1. The molecule has 0 bridgehead atoms. The fourth-order valence-corrected chi connectivity index (χ4v) is 3.13. The van der Waals surface area contributed by atoms with Gasteiger partial charge in [-0.3, -0.25) is 0 Å². The van der Waals surface area contributed by atoms with Gasteiger partial charge in [0.15, 0.2) is 0 Å². The van der Waals surface area contributed by atoms with Gasteiger partial charge in [0.05, 0.1) is 12.5 Å². The monoisotopic (exact) mass is 304 g/mol. The zero-order valence-corrected chi connectivity index (χ0v) is 11.8. The lowest BCUT2D eigenvalue weighted by Gasteiger charge is -2.09. The predicted molar refractivity (Wildman–Crippen MR) is 84.9 cm³/mol. The van der Waals surface area contributed by atoms with Gasteiger partial charge in [-0.1, -0.05) is 47.5 Å². The minimum Gasteiger partial charge on any atom is -0.515 e. The maximum absolute atomic E-state index is 9.61. The van der Waals surface area contributed by atoms with E-state index in [-0.39, 0.29) is 0 Å². The highest BCUT2D eigenvalue weighted by molar-refractivity contribution is 6.38. The SMILES string of the molecule is OC=c1c2cccc(Cl)c2c(=CO)c2cccc(Cl)c12. The highest BCUT2D eigenvalue weighted by Crippen LogP contribution is 2.24. The standard InChI is InChI=1S/C16H10Cl2O2/c17-13-5-1-3-9-11(7-19)16-10(4-2-6-14(16)18)12(8-20)15(9)13/h1-8,19-20H. The second-order valence-electron chi connectivity index (χ2n) is 4.41. The first-order chi connectivity index (χ1) is 9.69. The van der Waals surface area contributed by atoms with Gasteiger partial charge in [-0.25, -0.2) is 0 Å². The summed E-state index contributed by atoms with van der Waals surface area (Å²) in [4.78, 5) is 0. The molecule has 0 heterocycles. The van der Waals surface area contributed by atoms with E-state index in [2.05, 4.69) is 0 Å². The Bertz CT molecular complexity index is 867. The average molecular weight is 305 g/mol. The Balaban J connectivity index is 2.87. The molecular weight excluding hydrogens is 295 g/mol. The summed E-state index contributed by atoms with van der Waals surface area (Å²) in [6, 6.07) is 10.7. The first-order valence-corrected chi connectivity index (χ1v) is 6.72. The summed E-state index contributed by atoms with van der Waals surface area (Å²) in [5, 5.41) is 24.3. The average Bonchev–Trinajstić information content (AvgIpc) is 2.46. The number of aliphatic hydroxyl groups excluding tert-OH is 2. The molecule has 0 unspecified atom stereocenters. The van der Waals surface area contributed by atoms with Crippen LogP contribution < -0.4 is 10.4 Å². The van der Waals surface area contributed by atoms with Crippen molar-refractivity contribution in [2.75, 3.05) is 0 Å². The summed E-state index contributed by atoms with van der Waals surface area (Å²) in [6.07, 6.45) is 2.04. The number of benzene rings is 3. The van der Waals surface area contributed by atoms with Crippen LogP contribution in [0, 0.1) is 0 Å². The van der Waals surface area contributed by atoms with Crippen LogP contribution in [-0.4, -0.2) is 10.2 Å². The number of hydrogen-bond acceptors (Lipinski definition) is 2. The second kappa shape index (κ2) is 4.89. The van der Waals surface area contributed by atoms with Crippen LogP contribution >= 0.6 is 23.2 Å². The fraction of sp³-hybridized carbons (Fsp3) is 0. The number of aliphatic hydroxyl groups is 2. The first-order valence-electron chi connectivity index (χ1n) is 5.96. The van der Waals surface area contributed by atoms with E-state index in [1.807, 2.05) is 12.1 Å². The van der Waals surface area contributed by atoms with Crippen LogP contribution in [0.4, 0.5) is 0 Å². The molecule has 0 aliphatic carbocycles. The molecule has 0 radical (unpaired) electrons. The van der Waals surface area contributed by atoms with Crippen LogP contribution in [0.1, 0.15) is 0 Å². The van der Waals surface area contributed by atoms with Crippen LogP contribution in [0.15, 0.2) is 36.4 Å². The van der Waals surface area contributed by atoms with Crippen LogP contribution in [0.2, 0.25) is 10.0 Å². The van der Waals surface area contributed by atoms with E-state index in [0.717, 1.165) is 23.3 Å². The van der Waals surface area contributed by atoms with Crippen molar-refractivity contribution in [2.45, 2.75) is 0 Å². The van der Waals surface area contributed by atoms with Gasteiger partial charge in [-0.15, -0.1) is 0 Å². The molecule has 3 aromatic carbocycles. The lowest BCUT2D eigenvalue weighted by atomic mass is 9.98. The van der Waals surface area contributed by atoms with E-state index in [9.17, 15) is 10.2 Å². The third-order valence-corrected chi connectivity index (χ3v) is 4.03. The minimum absolute atomic E-state index is 0.507. The second-order valence-corrected chi connectivity index (χ2v) is 5.22. The zero-order valence-electron chi connectivity index (χ0n) is 10.3. The van der Waals surface area contributed by atoms with Crippen molar-refractivity contribution in [2.24, 2.45) is 0 Å². The minimum atomic E-state index is 0.507. The quantitative estimate of drug-likeness (QED) is 0.619. The molecule has 0 aromatic heterocycles.